The van der Waals surface area contributed by atoms with Crippen LogP contribution in [-0.4, -0.2) is 20.7 Å². The van der Waals surface area contributed by atoms with Gasteiger partial charge in [0.05, 0.1) is 22.6 Å². The van der Waals surface area contributed by atoms with Crippen molar-refractivity contribution in [2.45, 2.75) is 48.6 Å². The second-order valence-corrected chi connectivity index (χ2v) is 9.97. The molecule has 2 heterocycles. The minimum atomic E-state index is -3.77. The first-order valence-corrected chi connectivity index (χ1v) is 11.4. The van der Waals surface area contributed by atoms with Crippen molar-refractivity contribution in [1.29, 1.82) is 0 Å². The third-order valence-electron chi connectivity index (χ3n) is 6.97. The topological polar surface area (TPSA) is 46.6 Å². The highest BCUT2D eigenvalue weighted by atomic mass is 32.2. The molecule has 28 heavy (non-hydrogen) atoms. The number of aryl methyl sites for hydroxylation is 1. The Morgan fingerprint density at radius 1 is 1.14 bits per heavy atom. The highest BCUT2D eigenvalue weighted by Gasteiger charge is 2.71. The summed E-state index contributed by atoms with van der Waals surface area (Å²) in [6.45, 7) is 6.63. The number of para-hydroxylation sites is 1. The number of anilines is 1. The first-order valence-electron chi connectivity index (χ1n) is 9.95. The van der Waals surface area contributed by atoms with Crippen molar-refractivity contribution in [1.82, 2.24) is 0 Å². The van der Waals surface area contributed by atoms with E-state index in [-0.39, 0.29) is 11.3 Å². The van der Waals surface area contributed by atoms with Gasteiger partial charge < -0.3 is 4.74 Å². The molecule has 3 atom stereocenters. The number of hydrogen-bond acceptors (Lipinski definition) is 3. The quantitative estimate of drug-likeness (QED) is 0.717. The highest BCUT2D eigenvalue weighted by Crippen LogP contribution is 2.66. The maximum atomic E-state index is 13.9. The van der Waals surface area contributed by atoms with Gasteiger partial charge in [-0.2, -0.15) is 0 Å². The molecule has 2 fully saturated rings. The Hall–Kier alpha value is -2.11. The molecule has 0 amide bonds. The van der Waals surface area contributed by atoms with Crippen LogP contribution in [0.4, 0.5) is 5.69 Å². The molecule has 0 spiro atoms. The number of ether oxygens (including phenoxy) is 1. The van der Waals surface area contributed by atoms with Crippen molar-refractivity contribution in [2.24, 2.45) is 5.92 Å². The summed E-state index contributed by atoms with van der Waals surface area (Å²) in [7, 11) is -3.77. The Morgan fingerprint density at radius 3 is 2.64 bits per heavy atom. The monoisotopic (exact) mass is 395 g/mol. The van der Waals surface area contributed by atoms with Crippen molar-refractivity contribution in [2.75, 3.05) is 10.9 Å². The molecular weight excluding hydrogens is 370 g/mol. The van der Waals surface area contributed by atoms with Gasteiger partial charge in [0, 0.05) is 0 Å². The predicted molar refractivity (Wildman–Crippen MR) is 110 cm³/mol. The minimum Gasteiger partial charge on any atom is -0.354 e. The standard InChI is InChI=1S/C23H25NO3S/c1-3-18-7-6-14-23-22(18,15-16-27-23)20-8-4-5-9-21(20)24(23)28(25,26)19-12-10-17(2)11-13-19/h3-5,8-13,18H,1,6-7,14-16H2,2H3/t18-,22-,23+/m0/s1. The van der Waals surface area contributed by atoms with Crippen molar-refractivity contribution in [3.05, 3.63) is 72.3 Å². The molecule has 2 aliphatic heterocycles. The molecule has 2 aromatic carbocycles. The SMILES string of the molecule is C=C[C@H]1CCC[C@@]23OCC[C@@]12c1ccccc1N3S(=O)(=O)c1ccc(C)cc1. The lowest BCUT2D eigenvalue weighted by Crippen LogP contribution is -2.62. The van der Waals surface area contributed by atoms with Gasteiger partial charge in [0.1, 0.15) is 0 Å². The number of nitrogens with zero attached hydrogens (tertiary/aromatic N) is 1. The Morgan fingerprint density at radius 2 is 1.89 bits per heavy atom. The van der Waals surface area contributed by atoms with Crippen LogP contribution < -0.4 is 4.31 Å². The Bertz CT molecular complexity index is 1050. The fourth-order valence-corrected chi connectivity index (χ4v) is 7.65. The first-order chi connectivity index (χ1) is 13.5. The molecule has 0 radical (unpaired) electrons. The fraction of sp³-hybridized carbons (Fsp3) is 0.391. The van der Waals surface area contributed by atoms with E-state index in [2.05, 4.69) is 12.6 Å². The Labute approximate surface area is 166 Å². The summed E-state index contributed by atoms with van der Waals surface area (Å²) in [6.07, 6.45) is 5.48. The maximum absolute atomic E-state index is 13.9. The lowest BCUT2D eigenvalue weighted by Gasteiger charge is -2.50. The molecule has 1 saturated heterocycles. The van der Waals surface area contributed by atoms with Gasteiger partial charge in [0.2, 0.25) is 0 Å². The summed E-state index contributed by atoms with van der Waals surface area (Å²) < 4.78 is 35.9. The molecule has 0 unspecified atom stereocenters. The van der Waals surface area contributed by atoms with Crippen LogP contribution in [-0.2, 0) is 20.2 Å². The lowest BCUT2D eigenvalue weighted by molar-refractivity contribution is -0.0533. The molecule has 0 N–H and O–H groups in total. The van der Waals surface area contributed by atoms with Crippen molar-refractivity contribution < 1.29 is 13.2 Å². The average Bonchev–Trinajstić information content (AvgIpc) is 3.20. The van der Waals surface area contributed by atoms with Gasteiger partial charge in [-0.1, -0.05) is 42.0 Å². The van der Waals surface area contributed by atoms with Gasteiger partial charge in [-0.3, -0.25) is 0 Å². The van der Waals surface area contributed by atoms with Gasteiger partial charge in [-0.15, -0.1) is 6.58 Å². The smallest absolute Gasteiger partial charge is 0.266 e. The summed E-state index contributed by atoms with van der Waals surface area (Å²) >= 11 is 0. The first kappa shape index (κ1) is 18.0. The van der Waals surface area contributed by atoms with E-state index in [4.69, 9.17) is 4.74 Å². The zero-order chi connectivity index (χ0) is 19.6. The molecule has 5 rings (SSSR count). The van der Waals surface area contributed by atoms with Crippen LogP contribution in [0.15, 0.2) is 66.1 Å². The second kappa shape index (κ2) is 5.94. The van der Waals surface area contributed by atoms with Gasteiger partial charge in [0.25, 0.3) is 10.0 Å². The Kier molecular flexibility index (Phi) is 3.81. The van der Waals surface area contributed by atoms with Gasteiger partial charge in [-0.25, -0.2) is 12.7 Å². The molecule has 3 aliphatic rings. The van der Waals surface area contributed by atoms with Crippen LogP contribution >= 0.6 is 0 Å². The molecule has 4 nitrogen and oxygen atoms in total. The van der Waals surface area contributed by atoms with Crippen LogP contribution in [0, 0.1) is 12.8 Å². The van der Waals surface area contributed by atoms with E-state index in [9.17, 15) is 8.42 Å². The van der Waals surface area contributed by atoms with Gasteiger partial charge >= 0.3 is 0 Å². The van der Waals surface area contributed by atoms with E-state index in [1.165, 1.54) is 0 Å². The minimum absolute atomic E-state index is 0.197. The van der Waals surface area contributed by atoms with Crippen LogP contribution in [0.2, 0.25) is 0 Å². The molecule has 0 bridgehead atoms. The fourth-order valence-electron chi connectivity index (χ4n) is 5.85. The normalized spacial score (nSPS) is 31.2. The van der Waals surface area contributed by atoms with Gasteiger partial charge in [0.15, 0.2) is 5.72 Å². The van der Waals surface area contributed by atoms with E-state index in [0.717, 1.165) is 36.1 Å². The van der Waals surface area contributed by atoms with Crippen molar-refractivity contribution in [3.63, 3.8) is 0 Å². The highest BCUT2D eigenvalue weighted by molar-refractivity contribution is 7.93. The van der Waals surface area contributed by atoms with Crippen molar-refractivity contribution >= 4 is 15.7 Å². The van der Waals surface area contributed by atoms with Crippen LogP contribution in [0.25, 0.3) is 0 Å². The average molecular weight is 396 g/mol. The Balaban J connectivity index is 1.79. The van der Waals surface area contributed by atoms with E-state index in [1.807, 2.05) is 43.3 Å². The summed E-state index contributed by atoms with van der Waals surface area (Å²) in [5.41, 5.74) is 1.66. The molecule has 0 aromatic heterocycles. The number of rotatable bonds is 3. The number of hydrogen-bond donors (Lipinski definition) is 0. The second-order valence-electron chi connectivity index (χ2n) is 8.19. The summed E-state index contributed by atoms with van der Waals surface area (Å²) in [4.78, 5) is 0.314. The van der Waals surface area contributed by atoms with Crippen molar-refractivity contribution in [3.8, 4) is 0 Å². The summed E-state index contributed by atoms with van der Waals surface area (Å²) in [6, 6.07) is 15.0. The van der Waals surface area contributed by atoms with E-state index < -0.39 is 15.7 Å². The largest absolute Gasteiger partial charge is 0.354 e. The molecule has 2 aromatic rings. The number of fused-ring (bicyclic) bond motifs is 1. The number of sulfonamides is 1. The maximum Gasteiger partial charge on any atom is 0.266 e. The van der Waals surface area contributed by atoms with Crippen LogP contribution in [0.1, 0.15) is 36.8 Å². The molecule has 1 aliphatic carbocycles. The molecule has 1 saturated carbocycles. The molecule has 5 heteroatoms. The molecular formula is C23H25NO3S. The number of allylic oxidation sites excluding steroid dienone is 1. The van der Waals surface area contributed by atoms with E-state index in [1.54, 1.807) is 16.4 Å². The zero-order valence-electron chi connectivity index (χ0n) is 16.1. The number of benzene rings is 2. The zero-order valence-corrected chi connectivity index (χ0v) is 16.9. The third-order valence-corrected chi connectivity index (χ3v) is 8.81. The van der Waals surface area contributed by atoms with Crippen LogP contribution in [0.3, 0.4) is 0 Å². The molecule has 146 valence electrons. The van der Waals surface area contributed by atoms with E-state index in [0.29, 0.717) is 17.9 Å². The van der Waals surface area contributed by atoms with Gasteiger partial charge in [-0.05, 0) is 62.3 Å². The summed E-state index contributed by atoms with van der Waals surface area (Å²) in [5.74, 6) is 0.197. The van der Waals surface area contributed by atoms with Crippen LogP contribution in [0.5, 0.6) is 0 Å². The van der Waals surface area contributed by atoms with E-state index >= 15 is 0 Å². The predicted octanol–water partition coefficient (Wildman–Crippen LogP) is 4.54. The summed E-state index contributed by atoms with van der Waals surface area (Å²) in [5, 5.41) is 0. The lowest BCUT2D eigenvalue weighted by atomic mass is 9.59. The third kappa shape index (κ3) is 2.01.